The van der Waals surface area contributed by atoms with Gasteiger partial charge >= 0.3 is 5.97 Å². The topological polar surface area (TPSA) is 80.4 Å². The average Bonchev–Trinajstić information content (AvgIpc) is 2.35. The molecule has 4 heteroatoms. The van der Waals surface area contributed by atoms with Crippen molar-refractivity contribution in [2.45, 2.75) is 71.6 Å². The molecule has 4 nitrogen and oxygen atoms in total. The number of nitrogens with two attached hydrogens (primary N) is 1. The third kappa shape index (κ3) is 8.62. The summed E-state index contributed by atoms with van der Waals surface area (Å²) in [6, 6.07) is 0. The van der Waals surface area contributed by atoms with E-state index in [-0.39, 0.29) is 11.8 Å². The van der Waals surface area contributed by atoms with Gasteiger partial charge in [-0.25, -0.2) is 0 Å². The molecule has 0 aliphatic rings. The highest BCUT2D eigenvalue weighted by molar-refractivity contribution is 5.78. The maximum atomic E-state index is 11.4. The molecule has 0 aliphatic heterocycles. The fourth-order valence-corrected chi connectivity index (χ4v) is 2.34. The van der Waals surface area contributed by atoms with E-state index in [4.69, 9.17) is 5.73 Å². The number of amides is 1. The van der Waals surface area contributed by atoms with Gasteiger partial charge in [0.1, 0.15) is 0 Å². The van der Waals surface area contributed by atoms with Crippen LogP contribution in [0.15, 0.2) is 0 Å². The van der Waals surface area contributed by atoms with Crippen LogP contribution in [-0.4, -0.2) is 17.0 Å². The number of aliphatic carboxylic acids is 1. The molecular weight excluding hydrogens is 242 g/mol. The Morgan fingerprint density at radius 2 is 1.42 bits per heavy atom. The zero-order valence-corrected chi connectivity index (χ0v) is 12.4. The first-order valence-electron chi connectivity index (χ1n) is 7.55. The lowest BCUT2D eigenvalue weighted by atomic mass is 9.87. The highest BCUT2D eigenvalue weighted by Gasteiger charge is 2.25. The Hall–Kier alpha value is -1.06. The molecule has 0 aromatic rings. The van der Waals surface area contributed by atoms with Crippen molar-refractivity contribution in [3.63, 3.8) is 0 Å². The Morgan fingerprint density at radius 1 is 0.947 bits per heavy atom. The van der Waals surface area contributed by atoms with Gasteiger partial charge < -0.3 is 10.8 Å². The smallest absolute Gasteiger partial charge is 0.306 e. The van der Waals surface area contributed by atoms with Crippen molar-refractivity contribution in [3.8, 4) is 0 Å². The van der Waals surface area contributed by atoms with Gasteiger partial charge in [0.25, 0.3) is 0 Å². The fraction of sp³-hybridized carbons (Fsp3) is 0.867. The number of carboxylic acid groups (broad SMARTS) is 1. The van der Waals surface area contributed by atoms with Gasteiger partial charge in [0.2, 0.25) is 5.91 Å². The van der Waals surface area contributed by atoms with E-state index in [1.54, 1.807) is 0 Å². The molecule has 0 aliphatic carbocycles. The van der Waals surface area contributed by atoms with Crippen LogP contribution in [0.3, 0.4) is 0 Å². The molecule has 0 saturated carbocycles. The second-order valence-corrected chi connectivity index (χ2v) is 5.36. The van der Waals surface area contributed by atoms with E-state index >= 15 is 0 Å². The summed E-state index contributed by atoms with van der Waals surface area (Å²) in [6.07, 6.45) is 7.91. The summed E-state index contributed by atoms with van der Waals surface area (Å²) in [6.45, 7) is 4.19. The Morgan fingerprint density at radius 3 is 1.79 bits per heavy atom. The number of carbonyl (C=O) groups excluding carboxylic acids is 1. The monoisotopic (exact) mass is 271 g/mol. The van der Waals surface area contributed by atoms with Crippen molar-refractivity contribution in [2.75, 3.05) is 0 Å². The van der Waals surface area contributed by atoms with Crippen molar-refractivity contribution in [1.29, 1.82) is 0 Å². The van der Waals surface area contributed by atoms with E-state index in [0.29, 0.717) is 12.8 Å². The van der Waals surface area contributed by atoms with Crippen LogP contribution in [0.1, 0.15) is 71.6 Å². The molecule has 1 amide bonds. The van der Waals surface area contributed by atoms with Crippen LogP contribution in [-0.2, 0) is 9.59 Å². The highest BCUT2D eigenvalue weighted by atomic mass is 16.4. The second-order valence-electron chi connectivity index (χ2n) is 5.36. The van der Waals surface area contributed by atoms with Crippen LogP contribution in [0, 0.1) is 11.8 Å². The maximum absolute atomic E-state index is 11.4. The molecule has 0 radical (unpaired) electrons. The van der Waals surface area contributed by atoms with E-state index < -0.39 is 11.9 Å². The molecule has 3 N–H and O–H groups in total. The normalized spacial score (nSPS) is 14.0. The Labute approximate surface area is 116 Å². The predicted octanol–water partition coefficient (Wildman–Crippen LogP) is 3.34. The van der Waals surface area contributed by atoms with E-state index in [1.807, 2.05) is 0 Å². The summed E-state index contributed by atoms with van der Waals surface area (Å²) in [5, 5.41) is 9.22. The molecule has 0 saturated heterocycles. The number of primary amides is 1. The van der Waals surface area contributed by atoms with E-state index in [2.05, 4.69) is 13.8 Å². The summed E-state index contributed by atoms with van der Waals surface area (Å²) in [5.74, 6) is -1.85. The van der Waals surface area contributed by atoms with Gasteiger partial charge in [-0.1, -0.05) is 52.4 Å². The lowest BCUT2D eigenvalue weighted by Gasteiger charge is -2.18. The molecule has 0 aromatic heterocycles. The summed E-state index contributed by atoms with van der Waals surface area (Å²) in [4.78, 5) is 22.6. The minimum atomic E-state index is -0.794. The zero-order valence-electron chi connectivity index (χ0n) is 12.4. The molecular formula is C15H29NO3. The largest absolute Gasteiger partial charge is 0.481 e. The summed E-state index contributed by atoms with van der Waals surface area (Å²) < 4.78 is 0. The van der Waals surface area contributed by atoms with Crippen LogP contribution in [0.2, 0.25) is 0 Å². The van der Waals surface area contributed by atoms with E-state index in [9.17, 15) is 14.7 Å². The number of hydrogen-bond donors (Lipinski definition) is 2. The van der Waals surface area contributed by atoms with Gasteiger partial charge in [-0.3, -0.25) is 9.59 Å². The van der Waals surface area contributed by atoms with Gasteiger partial charge in [-0.2, -0.15) is 0 Å². The van der Waals surface area contributed by atoms with Gasteiger partial charge in [0.15, 0.2) is 0 Å². The summed E-state index contributed by atoms with van der Waals surface area (Å²) in [7, 11) is 0. The van der Waals surface area contributed by atoms with Crippen LogP contribution in [0.4, 0.5) is 0 Å². The fourth-order valence-electron chi connectivity index (χ4n) is 2.34. The number of carboxylic acids is 1. The quantitative estimate of drug-likeness (QED) is 0.534. The molecule has 0 aromatic carbocycles. The van der Waals surface area contributed by atoms with Crippen LogP contribution in [0.25, 0.3) is 0 Å². The van der Waals surface area contributed by atoms with E-state index in [1.165, 1.54) is 0 Å². The van der Waals surface area contributed by atoms with Crippen molar-refractivity contribution >= 4 is 11.9 Å². The third-order valence-electron chi connectivity index (χ3n) is 3.63. The standard InChI is InChI=1S/C15H29NO3/c1-3-5-7-9-12(14(16)17)11-13(15(18)19)10-8-6-4-2/h12-13H,3-11H2,1-2H3,(H2,16,17)(H,18,19)/t12?,13-/m0/s1. The number of hydrogen-bond acceptors (Lipinski definition) is 2. The Balaban J connectivity index is 4.31. The van der Waals surface area contributed by atoms with Crippen molar-refractivity contribution in [2.24, 2.45) is 17.6 Å². The van der Waals surface area contributed by atoms with Crippen molar-refractivity contribution in [1.82, 2.24) is 0 Å². The highest BCUT2D eigenvalue weighted by Crippen LogP contribution is 2.23. The van der Waals surface area contributed by atoms with E-state index in [0.717, 1.165) is 44.9 Å². The third-order valence-corrected chi connectivity index (χ3v) is 3.63. The first kappa shape index (κ1) is 17.9. The first-order chi connectivity index (χ1) is 9.02. The summed E-state index contributed by atoms with van der Waals surface area (Å²) >= 11 is 0. The Kier molecular flexibility index (Phi) is 10.2. The molecule has 0 bridgehead atoms. The van der Waals surface area contributed by atoms with Gasteiger partial charge in [0.05, 0.1) is 5.92 Å². The maximum Gasteiger partial charge on any atom is 0.306 e. The minimum absolute atomic E-state index is 0.283. The molecule has 0 heterocycles. The number of rotatable bonds is 12. The molecule has 1 unspecified atom stereocenters. The SMILES string of the molecule is CCCCCC(C[C@H](CCCCC)C(=O)O)C(N)=O. The molecule has 2 atom stereocenters. The molecule has 0 rings (SSSR count). The lowest BCUT2D eigenvalue weighted by molar-refractivity contribution is -0.143. The van der Waals surface area contributed by atoms with Gasteiger partial charge in [-0.05, 0) is 19.3 Å². The molecule has 112 valence electrons. The zero-order chi connectivity index (χ0) is 14.7. The average molecular weight is 271 g/mol. The predicted molar refractivity (Wildman–Crippen MR) is 76.7 cm³/mol. The van der Waals surface area contributed by atoms with Crippen molar-refractivity contribution < 1.29 is 14.7 Å². The van der Waals surface area contributed by atoms with Gasteiger partial charge in [-0.15, -0.1) is 0 Å². The first-order valence-corrected chi connectivity index (χ1v) is 7.55. The number of unbranched alkanes of at least 4 members (excludes halogenated alkanes) is 4. The van der Waals surface area contributed by atoms with Crippen molar-refractivity contribution in [3.05, 3.63) is 0 Å². The van der Waals surface area contributed by atoms with Crippen LogP contribution in [0.5, 0.6) is 0 Å². The molecule has 0 fully saturated rings. The van der Waals surface area contributed by atoms with Crippen LogP contribution < -0.4 is 5.73 Å². The lowest BCUT2D eigenvalue weighted by Crippen LogP contribution is -2.28. The number of carbonyl (C=O) groups is 2. The Bertz CT molecular complexity index is 240. The molecule has 19 heavy (non-hydrogen) atoms. The minimum Gasteiger partial charge on any atom is -0.481 e. The van der Waals surface area contributed by atoms with Gasteiger partial charge in [0, 0.05) is 5.92 Å². The van der Waals surface area contributed by atoms with Crippen LogP contribution >= 0.6 is 0 Å². The molecule has 0 spiro atoms. The summed E-state index contributed by atoms with van der Waals surface area (Å²) in [5.41, 5.74) is 5.39. The second kappa shape index (κ2) is 10.8.